The molecular weight excluding hydrogens is 600 g/mol. The largest absolute Gasteiger partial charge is 0.493 e. The van der Waals surface area contributed by atoms with Gasteiger partial charge in [-0.05, 0) is 73.4 Å². The van der Waals surface area contributed by atoms with Crippen molar-refractivity contribution in [1.29, 1.82) is 0 Å². The van der Waals surface area contributed by atoms with Crippen molar-refractivity contribution in [2.24, 2.45) is 11.8 Å². The normalized spacial score (nSPS) is 24.6. The van der Waals surface area contributed by atoms with Gasteiger partial charge in [-0.15, -0.1) is 0 Å². The van der Waals surface area contributed by atoms with Crippen LogP contribution in [0.25, 0.3) is 0 Å². The standard InChI is InChI=1S/C36H46N4O7/c1-21(2)18-27(38-22(3)41)34(43)37-15-17-39(4)35(44)46-25-9-6-23(7-10-25)20-40-16-14-36-26-11-12-29(42)33(36)47-32-30(45-5)13-8-24(31(32)36)19-28(26)40/h6-10,13,21,26-28,33H,11-12,14-20H2,1-5H3,(H,37,43)(H,38,41)/t26-,27-,28?,33-,36-/m0/s1. The van der Waals surface area contributed by atoms with Gasteiger partial charge in [0.05, 0.1) is 7.11 Å². The van der Waals surface area contributed by atoms with Gasteiger partial charge in [-0.3, -0.25) is 19.3 Å². The van der Waals surface area contributed by atoms with E-state index < -0.39 is 18.2 Å². The van der Waals surface area contributed by atoms with E-state index in [-0.39, 0.29) is 42.0 Å². The molecule has 1 unspecified atom stereocenters. The molecule has 2 aliphatic heterocycles. The molecule has 11 heteroatoms. The minimum Gasteiger partial charge on any atom is -0.493 e. The Hall–Kier alpha value is -4.12. The lowest BCUT2D eigenvalue weighted by Crippen LogP contribution is -2.65. The van der Waals surface area contributed by atoms with E-state index in [0.29, 0.717) is 36.3 Å². The summed E-state index contributed by atoms with van der Waals surface area (Å²) in [6.07, 6.45) is 2.78. The fraction of sp³-hybridized carbons (Fsp3) is 0.556. The van der Waals surface area contributed by atoms with Crippen LogP contribution in [0.5, 0.6) is 17.2 Å². The molecule has 0 radical (unpaired) electrons. The highest BCUT2D eigenvalue weighted by atomic mass is 16.6. The Morgan fingerprint density at radius 2 is 1.91 bits per heavy atom. The van der Waals surface area contributed by atoms with Crippen molar-refractivity contribution in [1.82, 2.24) is 20.4 Å². The van der Waals surface area contributed by atoms with Gasteiger partial charge in [0.1, 0.15) is 11.8 Å². The summed E-state index contributed by atoms with van der Waals surface area (Å²) in [5.41, 5.74) is 3.33. The topological polar surface area (TPSA) is 127 Å². The van der Waals surface area contributed by atoms with Crippen molar-refractivity contribution < 1.29 is 33.4 Å². The SMILES string of the molecule is COc1ccc2c3c1O[C@H]1C(=O)CC[C@H]4C(C2)N(Cc2ccc(OC(=O)N(C)CCNC(=O)[C@H](CC(C)C)NC(C)=O)cc2)CC[C@]314. The smallest absolute Gasteiger partial charge is 0.415 e. The van der Waals surface area contributed by atoms with Crippen LogP contribution in [0.1, 0.15) is 63.1 Å². The number of nitrogens with zero attached hydrogens (tertiary/aromatic N) is 2. The van der Waals surface area contributed by atoms with E-state index in [1.807, 2.05) is 44.2 Å². The number of amides is 3. The number of ketones is 1. The van der Waals surface area contributed by atoms with Crippen LogP contribution in [-0.2, 0) is 32.8 Å². The highest BCUT2D eigenvalue weighted by Gasteiger charge is 2.65. The summed E-state index contributed by atoms with van der Waals surface area (Å²) in [5.74, 6) is 2.19. The monoisotopic (exact) mass is 646 g/mol. The first-order valence-corrected chi connectivity index (χ1v) is 16.7. The van der Waals surface area contributed by atoms with Crippen LogP contribution in [0.2, 0.25) is 0 Å². The van der Waals surface area contributed by atoms with E-state index in [2.05, 4.69) is 21.6 Å². The third kappa shape index (κ3) is 6.17. The van der Waals surface area contributed by atoms with Crippen molar-refractivity contribution >= 4 is 23.7 Å². The maximum Gasteiger partial charge on any atom is 0.415 e. The van der Waals surface area contributed by atoms with Crippen LogP contribution in [0.4, 0.5) is 4.79 Å². The molecule has 47 heavy (non-hydrogen) atoms. The fourth-order valence-corrected chi connectivity index (χ4v) is 8.34. The van der Waals surface area contributed by atoms with Crippen molar-refractivity contribution in [3.63, 3.8) is 0 Å². The molecule has 4 aliphatic rings. The summed E-state index contributed by atoms with van der Waals surface area (Å²) in [7, 11) is 3.27. The highest BCUT2D eigenvalue weighted by molar-refractivity contribution is 5.89. The highest BCUT2D eigenvalue weighted by Crippen LogP contribution is 2.63. The molecule has 2 bridgehead atoms. The second-order valence-corrected chi connectivity index (χ2v) is 13.9. The number of rotatable bonds is 11. The van der Waals surface area contributed by atoms with Gasteiger partial charge in [0.25, 0.3) is 0 Å². The van der Waals surface area contributed by atoms with Gasteiger partial charge in [0.15, 0.2) is 23.4 Å². The minimum absolute atomic E-state index is 0.206. The number of carbonyl (C=O) groups excluding carboxylic acids is 4. The van der Waals surface area contributed by atoms with Gasteiger partial charge in [-0.2, -0.15) is 0 Å². The first-order chi connectivity index (χ1) is 22.5. The lowest BCUT2D eigenvalue weighted by molar-refractivity contribution is -0.139. The maximum absolute atomic E-state index is 13.2. The van der Waals surface area contributed by atoms with E-state index in [1.165, 1.54) is 23.0 Å². The summed E-state index contributed by atoms with van der Waals surface area (Å²) in [6, 6.07) is 11.4. The molecule has 2 aliphatic carbocycles. The summed E-state index contributed by atoms with van der Waals surface area (Å²) in [5, 5.41) is 5.49. The summed E-state index contributed by atoms with van der Waals surface area (Å²) in [4.78, 5) is 53.9. The zero-order valence-electron chi connectivity index (χ0n) is 28.0. The summed E-state index contributed by atoms with van der Waals surface area (Å²) >= 11 is 0. The molecule has 1 saturated heterocycles. The number of likely N-dealkylation sites (N-methyl/N-ethyl adjacent to an activating group) is 1. The van der Waals surface area contributed by atoms with Crippen LogP contribution in [0, 0.1) is 11.8 Å². The first kappa shape index (κ1) is 32.8. The minimum atomic E-state index is -0.610. The summed E-state index contributed by atoms with van der Waals surface area (Å²) in [6.45, 7) is 7.48. The number of hydrogen-bond donors (Lipinski definition) is 2. The average Bonchev–Trinajstić information content (AvgIpc) is 3.39. The van der Waals surface area contributed by atoms with Crippen LogP contribution < -0.4 is 24.8 Å². The van der Waals surface area contributed by atoms with Crippen LogP contribution in [0.15, 0.2) is 36.4 Å². The third-order valence-electron chi connectivity index (χ3n) is 10.4. The van der Waals surface area contributed by atoms with E-state index in [0.717, 1.165) is 43.7 Å². The number of benzene rings is 2. The first-order valence-electron chi connectivity index (χ1n) is 16.7. The van der Waals surface area contributed by atoms with Crippen molar-refractivity contribution in [3.05, 3.63) is 53.1 Å². The molecule has 5 atom stereocenters. The van der Waals surface area contributed by atoms with E-state index in [1.54, 1.807) is 14.2 Å². The van der Waals surface area contributed by atoms with Gasteiger partial charge in [0, 0.05) is 57.0 Å². The zero-order chi connectivity index (χ0) is 33.5. The fourth-order valence-electron chi connectivity index (χ4n) is 8.34. The molecule has 11 nitrogen and oxygen atoms in total. The lowest BCUT2D eigenvalue weighted by atomic mass is 9.51. The average molecular weight is 647 g/mol. The molecule has 1 saturated carbocycles. The van der Waals surface area contributed by atoms with Gasteiger partial charge in [0.2, 0.25) is 11.8 Å². The number of hydrogen-bond acceptors (Lipinski definition) is 8. The number of nitrogens with one attached hydrogen (secondary N) is 2. The molecule has 252 valence electrons. The molecule has 0 aromatic heterocycles. The van der Waals surface area contributed by atoms with E-state index in [9.17, 15) is 19.2 Å². The summed E-state index contributed by atoms with van der Waals surface area (Å²) < 4.78 is 17.7. The molecule has 1 spiro atoms. The molecule has 2 fully saturated rings. The molecule has 2 aromatic rings. The molecule has 6 rings (SSSR count). The van der Waals surface area contributed by atoms with Crippen molar-refractivity contribution in [2.45, 2.75) is 83.0 Å². The second-order valence-electron chi connectivity index (χ2n) is 13.9. The molecule has 2 aromatic carbocycles. The van der Waals surface area contributed by atoms with Gasteiger partial charge < -0.3 is 29.7 Å². The van der Waals surface area contributed by atoms with Crippen LogP contribution >= 0.6 is 0 Å². The van der Waals surface area contributed by atoms with Crippen LogP contribution in [-0.4, -0.2) is 85.5 Å². The van der Waals surface area contributed by atoms with Crippen LogP contribution in [0.3, 0.4) is 0 Å². The van der Waals surface area contributed by atoms with Gasteiger partial charge in [-0.25, -0.2) is 4.79 Å². The Balaban J connectivity index is 1.05. The lowest BCUT2D eigenvalue weighted by Gasteiger charge is -2.57. The zero-order valence-corrected chi connectivity index (χ0v) is 28.0. The Morgan fingerprint density at radius 3 is 2.62 bits per heavy atom. The number of methoxy groups -OCH3 is 1. The van der Waals surface area contributed by atoms with Gasteiger partial charge in [-0.1, -0.05) is 32.0 Å². The number of likely N-dealkylation sites (tertiary alicyclic amines) is 1. The molecular formula is C36H46N4O7. The third-order valence-corrected chi connectivity index (χ3v) is 10.4. The number of piperidine rings is 1. The predicted octanol–water partition coefficient (Wildman–Crippen LogP) is 3.60. The van der Waals surface area contributed by atoms with Crippen molar-refractivity contribution in [2.75, 3.05) is 33.8 Å². The Kier molecular flexibility index (Phi) is 9.20. The molecule has 2 N–H and O–H groups in total. The van der Waals surface area contributed by atoms with E-state index in [4.69, 9.17) is 14.2 Å². The number of Topliss-reactive ketones (excluding diaryl/α,β-unsaturated/α-hetero) is 1. The Labute approximate surface area is 276 Å². The Morgan fingerprint density at radius 1 is 1.15 bits per heavy atom. The number of ether oxygens (including phenoxy) is 3. The maximum atomic E-state index is 13.2. The predicted molar refractivity (Wildman–Crippen MR) is 175 cm³/mol. The molecule has 3 amide bonds. The number of carbonyl (C=O) groups is 4. The Bertz CT molecular complexity index is 1540. The second kappa shape index (κ2) is 13.2. The van der Waals surface area contributed by atoms with Gasteiger partial charge >= 0.3 is 6.09 Å². The van der Waals surface area contributed by atoms with E-state index >= 15 is 0 Å². The van der Waals surface area contributed by atoms with Crippen molar-refractivity contribution in [3.8, 4) is 17.2 Å². The quantitative estimate of drug-likeness (QED) is 0.380. The molecule has 2 heterocycles.